The summed E-state index contributed by atoms with van der Waals surface area (Å²) in [7, 11) is 1.59. The van der Waals surface area contributed by atoms with Crippen LogP contribution in [0.3, 0.4) is 0 Å². The molecule has 2 N–H and O–H groups in total. The lowest BCUT2D eigenvalue weighted by Crippen LogP contribution is -2.28. The number of para-hydroxylation sites is 3. The summed E-state index contributed by atoms with van der Waals surface area (Å²) in [6.07, 6.45) is 0. The standard InChI is InChI=1S/C18H18N2O3/c1-22-16-11-5-6-12-17(16)23-14-8-7-13-19-18(21)20-15-9-3-2-4-10-15/h2-6,9-12H,13-14H2,1H3,(H2,19,20,21). The molecule has 2 rings (SSSR count). The molecule has 23 heavy (non-hydrogen) atoms. The molecule has 0 heterocycles. The second-order valence-electron chi connectivity index (χ2n) is 4.47. The highest BCUT2D eigenvalue weighted by molar-refractivity contribution is 5.89. The summed E-state index contributed by atoms with van der Waals surface area (Å²) in [6.45, 7) is 0.469. The van der Waals surface area contributed by atoms with Crippen LogP contribution in [0.1, 0.15) is 0 Å². The van der Waals surface area contributed by atoms with Crippen molar-refractivity contribution < 1.29 is 14.3 Å². The molecule has 0 aromatic heterocycles. The van der Waals surface area contributed by atoms with Crippen molar-refractivity contribution in [2.75, 3.05) is 25.6 Å². The summed E-state index contributed by atoms with van der Waals surface area (Å²) in [5.74, 6) is 6.96. The molecule has 5 nitrogen and oxygen atoms in total. The van der Waals surface area contributed by atoms with Gasteiger partial charge in [-0.2, -0.15) is 0 Å². The molecule has 0 unspecified atom stereocenters. The zero-order valence-corrected chi connectivity index (χ0v) is 12.8. The largest absolute Gasteiger partial charge is 0.493 e. The summed E-state index contributed by atoms with van der Waals surface area (Å²) >= 11 is 0. The van der Waals surface area contributed by atoms with Crippen LogP contribution in [-0.2, 0) is 0 Å². The minimum atomic E-state index is -0.295. The highest BCUT2D eigenvalue weighted by Gasteiger charge is 2.00. The summed E-state index contributed by atoms with van der Waals surface area (Å²) in [4.78, 5) is 11.6. The van der Waals surface area contributed by atoms with Crippen LogP contribution in [0.2, 0.25) is 0 Å². The van der Waals surface area contributed by atoms with E-state index < -0.39 is 0 Å². The van der Waals surface area contributed by atoms with Crippen LogP contribution in [0.15, 0.2) is 54.6 Å². The van der Waals surface area contributed by atoms with Crippen molar-refractivity contribution in [3.05, 3.63) is 54.6 Å². The molecule has 0 spiro atoms. The highest BCUT2D eigenvalue weighted by Crippen LogP contribution is 2.25. The molecule has 0 aliphatic carbocycles. The van der Waals surface area contributed by atoms with Gasteiger partial charge in [0.15, 0.2) is 11.5 Å². The molecular weight excluding hydrogens is 292 g/mol. The molecule has 0 saturated heterocycles. The molecule has 0 aliphatic rings. The molecule has 2 aromatic carbocycles. The summed E-state index contributed by atoms with van der Waals surface area (Å²) in [5.41, 5.74) is 0.734. The number of benzene rings is 2. The lowest BCUT2D eigenvalue weighted by molar-refractivity contribution is 0.253. The van der Waals surface area contributed by atoms with Crippen molar-refractivity contribution in [1.29, 1.82) is 0 Å². The second-order valence-corrected chi connectivity index (χ2v) is 4.47. The Hall–Kier alpha value is -3.13. The predicted octanol–water partition coefficient (Wildman–Crippen LogP) is 2.90. The van der Waals surface area contributed by atoms with Crippen molar-refractivity contribution in [1.82, 2.24) is 5.32 Å². The summed E-state index contributed by atoms with van der Waals surface area (Å²) in [5, 5.41) is 5.36. The lowest BCUT2D eigenvalue weighted by Gasteiger charge is -2.07. The lowest BCUT2D eigenvalue weighted by atomic mass is 10.3. The molecule has 0 aliphatic heterocycles. The van der Waals surface area contributed by atoms with Crippen molar-refractivity contribution in [3.8, 4) is 23.3 Å². The van der Waals surface area contributed by atoms with Crippen LogP contribution in [0.25, 0.3) is 0 Å². The molecule has 2 amide bonds. The zero-order chi connectivity index (χ0) is 16.3. The first kappa shape index (κ1) is 16.2. The fraction of sp³-hybridized carbons (Fsp3) is 0.167. The topological polar surface area (TPSA) is 59.6 Å². The van der Waals surface area contributed by atoms with Gasteiger partial charge in [0.1, 0.15) is 6.61 Å². The molecule has 0 fully saturated rings. The van der Waals surface area contributed by atoms with Crippen LogP contribution in [-0.4, -0.2) is 26.3 Å². The number of hydrogen-bond donors (Lipinski definition) is 2. The van der Waals surface area contributed by atoms with Crippen molar-refractivity contribution in [2.45, 2.75) is 0 Å². The fourth-order valence-corrected chi connectivity index (χ4v) is 1.79. The van der Waals surface area contributed by atoms with Gasteiger partial charge in [-0.3, -0.25) is 0 Å². The van der Waals surface area contributed by atoms with Crippen molar-refractivity contribution in [3.63, 3.8) is 0 Å². The first-order valence-corrected chi connectivity index (χ1v) is 7.11. The molecule has 0 radical (unpaired) electrons. The summed E-state index contributed by atoms with van der Waals surface area (Å²) < 4.78 is 10.7. The number of amides is 2. The fourth-order valence-electron chi connectivity index (χ4n) is 1.79. The second kappa shape index (κ2) is 9.00. The van der Waals surface area contributed by atoms with E-state index in [0.717, 1.165) is 5.69 Å². The van der Waals surface area contributed by atoms with Gasteiger partial charge in [0, 0.05) is 5.69 Å². The number of carbonyl (C=O) groups is 1. The number of rotatable bonds is 5. The van der Waals surface area contributed by atoms with E-state index in [1.807, 2.05) is 54.6 Å². The van der Waals surface area contributed by atoms with Crippen molar-refractivity contribution >= 4 is 11.7 Å². The van der Waals surface area contributed by atoms with Crippen molar-refractivity contribution in [2.24, 2.45) is 0 Å². The number of carbonyl (C=O) groups excluding carboxylic acids is 1. The van der Waals surface area contributed by atoms with Crippen LogP contribution >= 0.6 is 0 Å². The Kier molecular flexibility index (Phi) is 6.36. The third-order valence-corrected chi connectivity index (χ3v) is 2.86. The summed E-state index contributed by atoms with van der Waals surface area (Å²) in [6, 6.07) is 16.3. The average molecular weight is 310 g/mol. The smallest absolute Gasteiger partial charge is 0.319 e. The number of urea groups is 1. The Balaban J connectivity index is 1.69. The van der Waals surface area contributed by atoms with Crippen LogP contribution in [0.4, 0.5) is 10.5 Å². The number of ether oxygens (including phenoxy) is 2. The van der Waals surface area contributed by atoms with Crippen LogP contribution in [0, 0.1) is 11.8 Å². The van der Waals surface area contributed by atoms with Gasteiger partial charge in [-0.1, -0.05) is 42.2 Å². The van der Waals surface area contributed by atoms with E-state index in [9.17, 15) is 4.79 Å². The van der Waals surface area contributed by atoms with Crippen LogP contribution < -0.4 is 20.1 Å². The average Bonchev–Trinajstić information content (AvgIpc) is 2.59. The van der Waals surface area contributed by atoms with Gasteiger partial charge in [0.05, 0.1) is 13.7 Å². The Bertz CT molecular complexity index is 690. The molecule has 2 aromatic rings. The maximum absolute atomic E-state index is 11.6. The van der Waals surface area contributed by atoms with Gasteiger partial charge in [-0.05, 0) is 24.3 Å². The first-order valence-electron chi connectivity index (χ1n) is 7.11. The molecule has 5 heteroatoms. The van der Waals surface area contributed by atoms with E-state index in [0.29, 0.717) is 11.5 Å². The van der Waals surface area contributed by atoms with Gasteiger partial charge in [-0.25, -0.2) is 4.79 Å². The Morgan fingerprint density at radius 3 is 2.43 bits per heavy atom. The number of methoxy groups -OCH3 is 1. The van der Waals surface area contributed by atoms with Gasteiger partial charge in [0.2, 0.25) is 0 Å². The van der Waals surface area contributed by atoms with Gasteiger partial charge in [-0.15, -0.1) is 0 Å². The van der Waals surface area contributed by atoms with E-state index in [-0.39, 0.29) is 19.2 Å². The number of nitrogens with one attached hydrogen (secondary N) is 2. The molecule has 0 bridgehead atoms. The molecule has 0 atom stereocenters. The maximum Gasteiger partial charge on any atom is 0.319 e. The number of hydrogen-bond acceptors (Lipinski definition) is 3. The maximum atomic E-state index is 11.6. The van der Waals surface area contributed by atoms with E-state index in [2.05, 4.69) is 22.5 Å². The highest BCUT2D eigenvalue weighted by atomic mass is 16.5. The van der Waals surface area contributed by atoms with E-state index in [1.54, 1.807) is 7.11 Å². The predicted molar refractivity (Wildman–Crippen MR) is 89.7 cm³/mol. The Morgan fingerprint density at radius 2 is 1.70 bits per heavy atom. The molecule has 0 saturated carbocycles. The van der Waals surface area contributed by atoms with E-state index in [4.69, 9.17) is 9.47 Å². The third kappa shape index (κ3) is 5.64. The monoisotopic (exact) mass is 310 g/mol. The minimum Gasteiger partial charge on any atom is -0.493 e. The Morgan fingerprint density at radius 1 is 1.00 bits per heavy atom. The SMILES string of the molecule is COc1ccccc1OCC#CCNC(=O)Nc1ccccc1. The van der Waals surface area contributed by atoms with Gasteiger partial charge < -0.3 is 20.1 Å². The quantitative estimate of drug-likeness (QED) is 0.835. The van der Waals surface area contributed by atoms with Gasteiger partial charge >= 0.3 is 6.03 Å². The first-order chi connectivity index (χ1) is 11.3. The normalized spacial score (nSPS) is 9.26. The third-order valence-electron chi connectivity index (χ3n) is 2.86. The van der Waals surface area contributed by atoms with Gasteiger partial charge in [0.25, 0.3) is 0 Å². The Labute approximate surface area is 135 Å². The zero-order valence-electron chi connectivity index (χ0n) is 12.8. The minimum absolute atomic E-state index is 0.225. The molecule has 118 valence electrons. The molecular formula is C18H18N2O3. The van der Waals surface area contributed by atoms with E-state index in [1.165, 1.54) is 0 Å². The van der Waals surface area contributed by atoms with E-state index >= 15 is 0 Å². The number of anilines is 1. The van der Waals surface area contributed by atoms with Crippen LogP contribution in [0.5, 0.6) is 11.5 Å².